The van der Waals surface area contributed by atoms with Crippen LogP contribution in [0.1, 0.15) is 144 Å². The van der Waals surface area contributed by atoms with Crippen molar-refractivity contribution in [1.82, 2.24) is 0 Å². The van der Waals surface area contributed by atoms with Gasteiger partial charge in [-0.15, -0.1) is 0 Å². The molecule has 0 atom stereocenters. The molecule has 0 heterocycles. The monoisotopic (exact) mass is 312 g/mol. The number of hydrogen-bond donors (Lipinski definition) is 0. The van der Waals surface area contributed by atoms with Crippen molar-refractivity contribution in [3.05, 3.63) is 0 Å². The fourth-order valence-electron chi connectivity index (χ4n) is 1.74. The van der Waals surface area contributed by atoms with Gasteiger partial charge in [0.15, 0.2) is 0 Å². The molecule has 0 bridgehead atoms. The minimum Gasteiger partial charge on any atom is -0.0776 e. The molecule has 144 valence electrons. The van der Waals surface area contributed by atoms with Crippen LogP contribution in [0, 0.1) is 0 Å². The lowest BCUT2D eigenvalue weighted by atomic mass is 10.1. The minimum atomic E-state index is 0. The average Bonchev–Trinajstić information content (AvgIpc) is 2.16. The van der Waals surface area contributed by atoms with Crippen LogP contribution in [0.25, 0.3) is 0 Å². The maximum atomic E-state index is 2.28. The van der Waals surface area contributed by atoms with E-state index in [1.807, 2.05) is 0 Å². The molecule has 0 aliphatic carbocycles. The van der Waals surface area contributed by atoms with Crippen molar-refractivity contribution < 1.29 is 0 Å². The van der Waals surface area contributed by atoms with E-state index in [-0.39, 0.29) is 59.4 Å². The van der Waals surface area contributed by atoms with Crippen molar-refractivity contribution >= 4 is 0 Å². The molecular weight excluding hydrogens is 252 g/mol. The summed E-state index contributed by atoms with van der Waals surface area (Å²) in [5.41, 5.74) is 0. The van der Waals surface area contributed by atoms with Crippen LogP contribution in [-0.2, 0) is 0 Å². The number of unbranched alkanes of at least 4 members (excludes halogenated alkanes) is 10. The summed E-state index contributed by atoms with van der Waals surface area (Å²) in [7, 11) is 0. The molecular formula is C21H60. The van der Waals surface area contributed by atoms with E-state index in [0.29, 0.717) is 0 Å². The Bertz CT molecular complexity index is 66.1. The van der Waals surface area contributed by atoms with Gasteiger partial charge in [-0.3, -0.25) is 0 Å². The molecule has 0 fully saturated rings. The lowest BCUT2D eigenvalue weighted by Crippen LogP contribution is -1.80. The zero-order valence-corrected chi connectivity index (χ0v) is 9.78. The van der Waals surface area contributed by atoms with Crippen molar-refractivity contribution in [2.45, 2.75) is 144 Å². The molecule has 0 heteroatoms. The lowest BCUT2D eigenvalue weighted by Gasteiger charge is -2.00. The first-order valence-electron chi connectivity index (χ1n) is 6.41. The highest BCUT2D eigenvalue weighted by Crippen LogP contribution is 2.10. The van der Waals surface area contributed by atoms with Crippen molar-refractivity contribution in [1.29, 1.82) is 0 Å². The summed E-state index contributed by atoms with van der Waals surface area (Å²) in [6.07, 6.45) is 15.9. The predicted octanol–water partition coefficient (Wildman–Crippen LogP) is 10.4. The van der Waals surface area contributed by atoms with E-state index in [2.05, 4.69) is 13.8 Å². The summed E-state index contributed by atoms with van der Waals surface area (Å²) in [6, 6.07) is 0. The highest BCUT2D eigenvalue weighted by Gasteiger charge is 1.90. The minimum absolute atomic E-state index is 0. The second kappa shape index (κ2) is 59.7. The Morgan fingerprint density at radius 1 is 0.286 bits per heavy atom. The summed E-state index contributed by atoms with van der Waals surface area (Å²) in [6.45, 7) is 4.56. The molecule has 0 aliphatic rings. The summed E-state index contributed by atoms with van der Waals surface area (Å²) in [5.74, 6) is 0. The highest BCUT2D eigenvalue weighted by molar-refractivity contribution is 4.46. The molecule has 0 saturated carbocycles. The molecule has 0 spiro atoms. The standard InChI is InChI=1S/C13H28.8CH4/c1-3-5-7-9-11-13-12-10-8-6-4-2;;;;;;;;/h3-13H2,1-2H3;8*1H4. The van der Waals surface area contributed by atoms with Crippen LogP contribution in [0.3, 0.4) is 0 Å². The van der Waals surface area contributed by atoms with Gasteiger partial charge >= 0.3 is 0 Å². The third-order valence-corrected chi connectivity index (χ3v) is 2.71. The molecule has 0 aromatic carbocycles. The van der Waals surface area contributed by atoms with Gasteiger partial charge in [0.25, 0.3) is 0 Å². The Balaban J connectivity index is -0.0000000257. The first-order valence-corrected chi connectivity index (χ1v) is 6.41. The molecule has 0 N–H and O–H groups in total. The van der Waals surface area contributed by atoms with E-state index in [0.717, 1.165) is 0 Å². The van der Waals surface area contributed by atoms with Crippen molar-refractivity contribution in [3.8, 4) is 0 Å². The Morgan fingerprint density at radius 3 is 0.571 bits per heavy atom. The Morgan fingerprint density at radius 2 is 0.429 bits per heavy atom. The molecule has 0 aromatic rings. The van der Waals surface area contributed by atoms with Crippen LogP contribution in [0.15, 0.2) is 0 Å². The van der Waals surface area contributed by atoms with Gasteiger partial charge in [-0.25, -0.2) is 0 Å². The molecule has 0 aromatic heterocycles. The molecule has 0 unspecified atom stereocenters. The van der Waals surface area contributed by atoms with E-state index >= 15 is 0 Å². The second-order valence-corrected chi connectivity index (χ2v) is 4.18. The fourth-order valence-corrected chi connectivity index (χ4v) is 1.74. The van der Waals surface area contributed by atoms with Crippen LogP contribution in [0.2, 0.25) is 0 Å². The SMILES string of the molecule is C.C.C.C.C.C.C.C.CCCCCCCCCCCCC. The maximum Gasteiger partial charge on any atom is -0.0533 e. The summed E-state index contributed by atoms with van der Waals surface area (Å²) in [5, 5.41) is 0. The van der Waals surface area contributed by atoms with Crippen molar-refractivity contribution in [3.63, 3.8) is 0 Å². The quantitative estimate of drug-likeness (QED) is 0.352. The van der Waals surface area contributed by atoms with E-state index in [4.69, 9.17) is 0 Å². The van der Waals surface area contributed by atoms with Crippen LogP contribution in [0.4, 0.5) is 0 Å². The zero-order chi connectivity index (χ0) is 9.78. The first kappa shape index (κ1) is 58.3. The zero-order valence-electron chi connectivity index (χ0n) is 9.78. The van der Waals surface area contributed by atoms with E-state index in [1.54, 1.807) is 0 Å². The van der Waals surface area contributed by atoms with Crippen molar-refractivity contribution in [2.24, 2.45) is 0 Å². The van der Waals surface area contributed by atoms with Crippen LogP contribution >= 0.6 is 0 Å². The Labute approximate surface area is 144 Å². The maximum absolute atomic E-state index is 2.28. The van der Waals surface area contributed by atoms with Gasteiger partial charge in [0, 0.05) is 0 Å². The van der Waals surface area contributed by atoms with Gasteiger partial charge in [-0.2, -0.15) is 0 Å². The first-order chi connectivity index (χ1) is 6.41. The van der Waals surface area contributed by atoms with Gasteiger partial charge in [0.05, 0.1) is 0 Å². The smallest absolute Gasteiger partial charge is 0.0533 e. The fraction of sp³-hybridized carbons (Fsp3) is 1.00. The number of rotatable bonds is 10. The van der Waals surface area contributed by atoms with Crippen LogP contribution in [-0.4, -0.2) is 0 Å². The van der Waals surface area contributed by atoms with Gasteiger partial charge in [0.2, 0.25) is 0 Å². The van der Waals surface area contributed by atoms with Crippen LogP contribution in [0.5, 0.6) is 0 Å². The molecule has 0 rings (SSSR count). The van der Waals surface area contributed by atoms with Gasteiger partial charge in [0.1, 0.15) is 0 Å². The van der Waals surface area contributed by atoms with Crippen LogP contribution < -0.4 is 0 Å². The molecule has 21 heavy (non-hydrogen) atoms. The summed E-state index contributed by atoms with van der Waals surface area (Å²) >= 11 is 0. The predicted molar refractivity (Wildman–Crippen MR) is 116 cm³/mol. The van der Waals surface area contributed by atoms with Gasteiger partial charge in [-0.1, -0.05) is 144 Å². The Hall–Kier alpha value is 0. The normalized spacial score (nSPS) is 6.57. The Kier molecular flexibility index (Phi) is 166. The topological polar surface area (TPSA) is 0 Å². The lowest BCUT2D eigenvalue weighted by molar-refractivity contribution is 0.554. The third-order valence-electron chi connectivity index (χ3n) is 2.71. The molecule has 0 saturated heterocycles. The summed E-state index contributed by atoms with van der Waals surface area (Å²) in [4.78, 5) is 0. The highest BCUT2D eigenvalue weighted by atomic mass is 14.0. The largest absolute Gasteiger partial charge is 0.0776 e. The summed E-state index contributed by atoms with van der Waals surface area (Å²) < 4.78 is 0. The van der Waals surface area contributed by atoms with Gasteiger partial charge < -0.3 is 0 Å². The average molecular weight is 313 g/mol. The third kappa shape index (κ3) is 64.8. The van der Waals surface area contributed by atoms with E-state index < -0.39 is 0 Å². The molecule has 0 aliphatic heterocycles. The second-order valence-electron chi connectivity index (χ2n) is 4.18. The molecule has 0 radical (unpaired) electrons. The van der Waals surface area contributed by atoms with Gasteiger partial charge in [-0.05, 0) is 0 Å². The van der Waals surface area contributed by atoms with E-state index in [1.165, 1.54) is 70.6 Å². The van der Waals surface area contributed by atoms with Crippen molar-refractivity contribution in [2.75, 3.05) is 0 Å². The molecule has 0 nitrogen and oxygen atoms in total. The number of hydrogen-bond acceptors (Lipinski definition) is 0. The van der Waals surface area contributed by atoms with E-state index in [9.17, 15) is 0 Å². The molecule has 0 amide bonds.